The second kappa shape index (κ2) is 8.35. The molecule has 0 radical (unpaired) electrons. The fourth-order valence-electron chi connectivity index (χ4n) is 3.15. The number of hydrogen-bond acceptors (Lipinski definition) is 5. The first-order valence-electron chi connectivity index (χ1n) is 8.73. The number of nitrogens with zero attached hydrogens (tertiary/aromatic N) is 3. The van der Waals surface area contributed by atoms with Crippen molar-refractivity contribution in [3.63, 3.8) is 0 Å². The highest BCUT2D eigenvalue weighted by atomic mass is 19.1. The molecule has 0 unspecified atom stereocenters. The summed E-state index contributed by atoms with van der Waals surface area (Å²) >= 11 is 0. The van der Waals surface area contributed by atoms with Crippen LogP contribution >= 0.6 is 0 Å². The van der Waals surface area contributed by atoms with E-state index < -0.39 is 4.92 Å². The number of anilines is 2. The van der Waals surface area contributed by atoms with E-state index in [1.165, 1.54) is 36.4 Å². The number of halogens is 1. The van der Waals surface area contributed by atoms with E-state index in [-0.39, 0.29) is 29.1 Å². The summed E-state index contributed by atoms with van der Waals surface area (Å²) < 4.78 is 12.9. The summed E-state index contributed by atoms with van der Waals surface area (Å²) in [5.74, 6) is -0.374. The van der Waals surface area contributed by atoms with E-state index in [1.54, 1.807) is 6.07 Å². The predicted octanol–water partition coefficient (Wildman–Crippen LogP) is 3.40. The maximum Gasteiger partial charge on any atom is 0.319 e. The Labute approximate surface area is 160 Å². The molecule has 1 aliphatic heterocycles. The summed E-state index contributed by atoms with van der Waals surface area (Å²) in [5.41, 5.74) is 1.30. The maximum atomic E-state index is 12.9. The maximum absolute atomic E-state index is 12.9. The fraction of sp³-hybridized carbons (Fsp3) is 0.263. The number of nitriles is 1. The largest absolute Gasteiger partial charge is 0.370 e. The minimum atomic E-state index is -0.527. The molecule has 0 spiro atoms. The van der Waals surface area contributed by atoms with E-state index >= 15 is 0 Å². The Morgan fingerprint density at radius 2 is 1.89 bits per heavy atom. The van der Waals surface area contributed by atoms with Crippen molar-refractivity contribution in [1.82, 2.24) is 5.32 Å². The van der Waals surface area contributed by atoms with Crippen LogP contribution in [0.5, 0.6) is 0 Å². The highest BCUT2D eigenvalue weighted by Gasteiger charge is 2.23. The molecule has 0 aromatic heterocycles. The number of non-ortho nitro benzene ring substituents is 1. The van der Waals surface area contributed by atoms with Crippen molar-refractivity contribution in [1.29, 1.82) is 5.26 Å². The number of amides is 2. The molecule has 2 aromatic rings. The number of nitro groups is 1. The van der Waals surface area contributed by atoms with E-state index in [2.05, 4.69) is 10.6 Å². The molecule has 1 aliphatic rings. The number of nitro benzene ring substituents is 1. The molecule has 2 amide bonds. The summed E-state index contributed by atoms with van der Waals surface area (Å²) in [4.78, 5) is 24.4. The molecule has 2 aromatic carbocycles. The number of benzene rings is 2. The van der Waals surface area contributed by atoms with Crippen LogP contribution in [0, 0.1) is 27.3 Å². The number of hydrogen-bond donors (Lipinski definition) is 2. The van der Waals surface area contributed by atoms with Crippen LogP contribution in [0.1, 0.15) is 18.4 Å². The number of carbonyl (C=O) groups excluding carboxylic acids is 1. The molecule has 0 aliphatic carbocycles. The number of carbonyl (C=O) groups is 1. The smallest absolute Gasteiger partial charge is 0.319 e. The highest BCUT2D eigenvalue weighted by molar-refractivity contribution is 5.89. The molecular weight excluding hydrogens is 365 g/mol. The van der Waals surface area contributed by atoms with Crippen LogP contribution in [0.15, 0.2) is 42.5 Å². The molecule has 0 atom stereocenters. The Morgan fingerprint density at radius 1 is 1.21 bits per heavy atom. The summed E-state index contributed by atoms with van der Waals surface area (Å²) in [6.07, 6.45) is 1.33. The molecular formula is C19H18FN5O3. The van der Waals surface area contributed by atoms with Gasteiger partial charge < -0.3 is 15.5 Å². The van der Waals surface area contributed by atoms with Gasteiger partial charge in [-0.15, -0.1) is 0 Å². The zero-order valence-electron chi connectivity index (χ0n) is 14.9. The van der Waals surface area contributed by atoms with Gasteiger partial charge in [0.25, 0.3) is 5.69 Å². The van der Waals surface area contributed by atoms with Gasteiger partial charge in [-0.3, -0.25) is 10.1 Å². The number of urea groups is 1. The second-order valence-electron chi connectivity index (χ2n) is 6.44. The third-order valence-corrected chi connectivity index (χ3v) is 4.58. The SMILES string of the molecule is N#Cc1cc([N+](=O)[O-])ccc1N1CCC(NC(=O)Nc2ccc(F)cc2)CC1. The van der Waals surface area contributed by atoms with Crippen molar-refractivity contribution >= 4 is 23.1 Å². The van der Waals surface area contributed by atoms with Gasteiger partial charge in [0.15, 0.2) is 0 Å². The third-order valence-electron chi connectivity index (χ3n) is 4.58. The van der Waals surface area contributed by atoms with Gasteiger partial charge in [-0.1, -0.05) is 0 Å². The van der Waals surface area contributed by atoms with Gasteiger partial charge in [-0.25, -0.2) is 9.18 Å². The van der Waals surface area contributed by atoms with Gasteiger partial charge in [0.2, 0.25) is 0 Å². The van der Waals surface area contributed by atoms with Gasteiger partial charge >= 0.3 is 6.03 Å². The Bertz CT molecular complexity index is 918. The summed E-state index contributed by atoms with van der Waals surface area (Å²) in [5, 5.41) is 25.7. The lowest BCUT2D eigenvalue weighted by Gasteiger charge is -2.34. The topological polar surface area (TPSA) is 111 Å². The zero-order valence-corrected chi connectivity index (χ0v) is 14.9. The van der Waals surface area contributed by atoms with Gasteiger partial charge in [0.05, 0.1) is 16.2 Å². The number of rotatable bonds is 4. The Balaban J connectivity index is 1.56. The number of nitrogens with one attached hydrogen (secondary N) is 2. The van der Waals surface area contributed by atoms with Crippen LogP contribution in [0.25, 0.3) is 0 Å². The van der Waals surface area contributed by atoms with Crippen molar-refractivity contribution in [2.45, 2.75) is 18.9 Å². The summed E-state index contributed by atoms with van der Waals surface area (Å²) in [7, 11) is 0. The van der Waals surface area contributed by atoms with Crippen LogP contribution in [-0.2, 0) is 0 Å². The third kappa shape index (κ3) is 4.54. The average Bonchev–Trinajstić information content (AvgIpc) is 2.70. The Kier molecular flexibility index (Phi) is 5.69. The van der Waals surface area contributed by atoms with Crippen molar-refractivity contribution in [2.75, 3.05) is 23.3 Å². The van der Waals surface area contributed by atoms with Crippen LogP contribution < -0.4 is 15.5 Å². The van der Waals surface area contributed by atoms with Crippen molar-refractivity contribution < 1.29 is 14.1 Å². The molecule has 144 valence electrons. The monoisotopic (exact) mass is 383 g/mol. The lowest BCUT2D eigenvalue weighted by molar-refractivity contribution is -0.384. The lowest BCUT2D eigenvalue weighted by Crippen LogP contribution is -2.46. The van der Waals surface area contributed by atoms with E-state index in [4.69, 9.17) is 0 Å². The Morgan fingerprint density at radius 3 is 2.50 bits per heavy atom. The van der Waals surface area contributed by atoms with Gasteiger partial charge in [0.1, 0.15) is 11.9 Å². The quantitative estimate of drug-likeness (QED) is 0.621. The van der Waals surface area contributed by atoms with E-state index in [0.29, 0.717) is 37.3 Å². The van der Waals surface area contributed by atoms with Crippen LogP contribution in [0.3, 0.4) is 0 Å². The molecule has 3 rings (SSSR count). The molecule has 28 heavy (non-hydrogen) atoms. The van der Waals surface area contributed by atoms with Gasteiger partial charge in [0, 0.05) is 37.0 Å². The second-order valence-corrected chi connectivity index (χ2v) is 6.44. The lowest BCUT2D eigenvalue weighted by atomic mass is 10.0. The molecule has 9 heteroatoms. The predicted molar refractivity (Wildman–Crippen MR) is 102 cm³/mol. The highest BCUT2D eigenvalue weighted by Crippen LogP contribution is 2.27. The fourth-order valence-corrected chi connectivity index (χ4v) is 3.15. The number of piperidine rings is 1. The molecule has 1 fully saturated rings. The standard InChI is InChI=1S/C19H18FN5O3/c20-14-1-3-15(4-2-14)22-19(26)23-16-7-9-24(10-8-16)18-6-5-17(25(27)28)11-13(18)12-21/h1-6,11,16H,7-10H2,(H2,22,23,26). The molecule has 1 saturated heterocycles. The summed E-state index contributed by atoms with van der Waals surface area (Å²) in [6, 6.07) is 11.4. The molecule has 8 nitrogen and oxygen atoms in total. The van der Waals surface area contributed by atoms with Crippen molar-refractivity contribution in [3.8, 4) is 6.07 Å². The normalized spacial score (nSPS) is 14.2. The van der Waals surface area contributed by atoms with E-state index in [1.807, 2.05) is 11.0 Å². The minimum Gasteiger partial charge on any atom is -0.370 e. The van der Waals surface area contributed by atoms with Crippen LogP contribution in [0.2, 0.25) is 0 Å². The van der Waals surface area contributed by atoms with E-state index in [0.717, 1.165) is 0 Å². The first-order valence-corrected chi connectivity index (χ1v) is 8.73. The van der Waals surface area contributed by atoms with Gasteiger partial charge in [-0.2, -0.15) is 5.26 Å². The van der Waals surface area contributed by atoms with Crippen molar-refractivity contribution in [3.05, 3.63) is 64.0 Å². The summed E-state index contributed by atoms with van der Waals surface area (Å²) in [6.45, 7) is 1.21. The first-order chi connectivity index (χ1) is 13.5. The van der Waals surface area contributed by atoms with Gasteiger partial charge in [-0.05, 0) is 43.2 Å². The zero-order chi connectivity index (χ0) is 20.1. The van der Waals surface area contributed by atoms with Crippen LogP contribution in [0.4, 0.5) is 26.2 Å². The van der Waals surface area contributed by atoms with Crippen molar-refractivity contribution in [2.24, 2.45) is 0 Å². The Hall–Kier alpha value is -3.67. The van der Waals surface area contributed by atoms with Crippen LogP contribution in [-0.4, -0.2) is 30.1 Å². The minimum absolute atomic E-state index is 0.0414. The molecule has 0 saturated carbocycles. The molecule has 0 bridgehead atoms. The van der Waals surface area contributed by atoms with E-state index in [9.17, 15) is 24.6 Å². The average molecular weight is 383 g/mol. The first kappa shape index (κ1) is 19.1. The molecule has 1 heterocycles. The molecule has 2 N–H and O–H groups in total.